The van der Waals surface area contributed by atoms with E-state index in [0.29, 0.717) is 6.04 Å². The number of hydrogen-bond donors (Lipinski definition) is 0. The van der Waals surface area contributed by atoms with Crippen molar-refractivity contribution in [3.8, 4) is 0 Å². The van der Waals surface area contributed by atoms with Crippen LogP contribution in [0.3, 0.4) is 0 Å². The minimum atomic E-state index is 0.569. The molecule has 2 aromatic heterocycles. The molecule has 1 aliphatic heterocycles. The molecule has 2 aliphatic rings. The molecule has 0 amide bonds. The molecule has 1 aliphatic carbocycles. The lowest BCUT2D eigenvalue weighted by Crippen LogP contribution is -2.13. The number of hydrogen-bond acceptors (Lipinski definition) is 3. The van der Waals surface area contributed by atoms with Crippen LogP contribution in [0.4, 0.5) is 0 Å². The minimum absolute atomic E-state index is 0.569. The molecule has 3 heterocycles. The SMILES string of the molecule is C(=C1CCCN=C1c1cccnc1)c1ccnn1C1CCCC1. The Balaban J connectivity index is 1.68. The topological polar surface area (TPSA) is 43.1 Å². The largest absolute Gasteiger partial charge is 0.284 e. The van der Waals surface area contributed by atoms with Gasteiger partial charge >= 0.3 is 0 Å². The third-order valence-electron chi connectivity index (χ3n) is 4.81. The third-order valence-corrected chi connectivity index (χ3v) is 4.81. The van der Waals surface area contributed by atoms with E-state index >= 15 is 0 Å². The van der Waals surface area contributed by atoms with Crippen molar-refractivity contribution in [2.75, 3.05) is 6.54 Å². The fraction of sp³-hybridized carbons (Fsp3) is 0.421. The van der Waals surface area contributed by atoms with Crippen molar-refractivity contribution in [1.29, 1.82) is 0 Å². The van der Waals surface area contributed by atoms with Gasteiger partial charge in [0.1, 0.15) is 0 Å². The van der Waals surface area contributed by atoms with Crippen LogP contribution < -0.4 is 0 Å². The van der Waals surface area contributed by atoms with Gasteiger partial charge in [-0.05, 0) is 55.5 Å². The monoisotopic (exact) mass is 306 g/mol. The highest BCUT2D eigenvalue weighted by Gasteiger charge is 2.20. The molecule has 4 rings (SSSR count). The van der Waals surface area contributed by atoms with Crippen molar-refractivity contribution >= 4 is 11.8 Å². The van der Waals surface area contributed by atoms with Crippen molar-refractivity contribution < 1.29 is 0 Å². The zero-order valence-electron chi connectivity index (χ0n) is 13.4. The molecule has 0 radical (unpaired) electrons. The second-order valence-corrected chi connectivity index (χ2v) is 6.38. The van der Waals surface area contributed by atoms with Gasteiger partial charge in [0.2, 0.25) is 0 Å². The summed E-state index contributed by atoms with van der Waals surface area (Å²) in [5.74, 6) is 0. The van der Waals surface area contributed by atoms with Crippen molar-refractivity contribution in [1.82, 2.24) is 14.8 Å². The second-order valence-electron chi connectivity index (χ2n) is 6.38. The lowest BCUT2D eigenvalue weighted by molar-refractivity contribution is 0.463. The molecule has 0 saturated heterocycles. The van der Waals surface area contributed by atoms with E-state index in [9.17, 15) is 0 Å². The molecule has 1 fully saturated rings. The molecule has 0 N–H and O–H groups in total. The van der Waals surface area contributed by atoms with Gasteiger partial charge < -0.3 is 0 Å². The van der Waals surface area contributed by atoms with E-state index in [1.807, 2.05) is 24.7 Å². The first kappa shape index (κ1) is 14.4. The van der Waals surface area contributed by atoms with Crippen molar-refractivity contribution in [3.05, 3.63) is 53.6 Å². The third kappa shape index (κ3) is 2.98. The van der Waals surface area contributed by atoms with Gasteiger partial charge in [-0.3, -0.25) is 14.7 Å². The molecule has 0 aromatic carbocycles. The minimum Gasteiger partial charge on any atom is -0.284 e. The molecule has 23 heavy (non-hydrogen) atoms. The molecule has 1 saturated carbocycles. The first-order chi connectivity index (χ1) is 11.4. The molecule has 0 spiro atoms. The molecule has 0 unspecified atom stereocenters. The van der Waals surface area contributed by atoms with E-state index in [0.717, 1.165) is 30.7 Å². The lowest BCUT2D eigenvalue weighted by atomic mass is 9.96. The Kier molecular flexibility index (Phi) is 4.05. The summed E-state index contributed by atoms with van der Waals surface area (Å²) in [6, 6.07) is 6.77. The molecular formula is C19H22N4. The summed E-state index contributed by atoms with van der Waals surface area (Å²) in [6.07, 6.45) is 15.3. The Morgan fingerprint density at radius 3 is 2.83 bits per heavy atom. The maximum absolute atomic E-state index is 4.77. The van der Waals surface area contributed by atoms with Crippen LogP contribution in [0.5, 0.6) is 0 Å². The zero-order valence-corrected chi connectivity index (χ0v) is 13.4. The number of aromatic nitrogens is 3. The molecule has 4 nitrogen and oxygen atoms in total. The summed E-state index contributed by atoms with van der Waals surface area (Å²) in [6.45, 7) is 0.906. The van der Waals surface area contributed by atoms with Crippen molar-refractivity contribution in [2.24, 2.45) is 4.99 Å². The van der Waals surface area contributed by atoms with Crippen molar-refractivity contribution in [3.63, 3.8) is 0 Å². The lowest BCUT2D eigenvalue weighted by Gasteiger charge is -2.18. The number of nitrogens with zero attached hydrogens (tertiary/aromatic N) is 4. The highest BCUT2D eigenvalue weighted by molar-refractivity contribution is 6.15. The van der Waals surface area contributed by atoms with E-state index in [2.05, 4.69) is 33.0 Å². The Morgan fingerprint density at radius 1 is 1.09 bits per heavy atom. The molecule has 0 bridgehead atoms. The number of rotatable bonds is 3. The zero-order chi connectivity index (χ0) is 15.5. The average molecular weight is 306 g/mol. The van der Waals surface area contributed by atoms with E-state index in [1.54, 1.807) is 0 Å². The fourth-order valence-electron chi connectivity index (χ4n) is 3.67. The van der Waals surface area contributed by atoms with Gasteiger partial charge in [-0.25, -0.2) is 0 Å². The van der Waals surface area contributed by atoms with Gasteiger partial charge in [0, 0.05) is 30.7 Å². The highest BCUT2D eigenvalue weighted by Crippen LogP contribution is 2.31. The van der Waals surface area contributed by atoms with Gasteiger partial charge in [0.05, 0.1) is 17.4 Å². The Hall–Kier alpha value is -2.23. The van der Waals surface area contributed by atoms with Crippen LogP contribution in [-0.2, 0) is 0 Å². The summed E-state index contributed by atoms with van der Waals surface area (Å²) in [5, 5.41) is 4.58. The Morgan fingerprint density at radius 2 is 2.00 bits per heavy atom. The maximum atomic E-state index is 4.77. The standard InChI is InChI=1S/C19H22N4/c1-2-8-17(7-1)23-18(9-12-22-23)13-15-5-4-11-21-19(15)16-6-3-10-20-14-16/h3,6,9-10,12-14,17H,1-2,4-5,7-8,11H2. The predicted octanol–water partition coefficient (Wildman–Crippen LogP) is 4.06. The van der Waals surface area contributed by atoms with Crippen molar-refractivity contribution in [2.45, 2.75) is 44.6 Å². The molecule has 118 valence electrons. The highest BCUT2D eigenvalue weighted by atomic mass is 15.3. The van der Waals surface area contributed by atoms with E-state index < -0.39 is 0 Å². The van der Waals surface area contributed by atoms with Crippen LogP contribution >= 0.6 is 0 Å². The van der Waals surface area contributed by atoms with Gasteiger partial charge in [-0.15, -0.1) is 0 Å². The van der Waals surface area contributed by atoms with Gasteiger partial charge in [0.15, 0.2) is 0 Å². The normalized spacial score (nSPS) is 20.9. The van der Waals surface area contributed by atoms with Crippen LogP contribution in [0.2, 0.25) is 0 Å². The Labute approximate surface area is 137 Å². The number of allylic oxidation sites excluding steroid dienone is 1. The summed E-state index contributed by atoms with van der Waals surface area (Å²) >= 11 is 0. The summed E-state index contributed by atoms with van der Waals surface area (Å²) < 4.78 is 2.22. The molecule has 2 aromatic rings. The van der Waals surface area contributed by atoms with E-state index in [-0.39, 0.29) is 0 Å². The quantitative estimate of drug-likeness (QED) is 0.858. The van der Waals surface area contributed by atoms with Gasteiger partial charge in [0.25, 0.3) is 0 Å². The van der Waals surface area contributed by atoms with E-state index in [4.69, 9.17) is 4.99 Å². The van der Waals surface area contributed by atoms with Gasteiger partial charge in [-0.2, -0.15) is 5.10 Å². The first-order valence-electron chi connectivity index (χ1n) is 8.61. The van der Waals surface area contributed by atoms with Crippen LogP contribution in [0.1, 0.15) is 55.8 Å². The predicted molar refractivity (Wildman–Crippen MR) is 92.6 cm³/mol. The summed E-state index contributed by atoms with van der Waals surface area (Å²) in [7, 11) is 0. The van der Waals surface area contributed by atoms with Crippen LogP contribution in [0, 0.1) is 0 Å². The summed E-state index contributed by atoms with van der Waals surface area (Å²) in [4.78, 5) is 9.01. The second kappa shape index (κ2) is 6.49. The summed E-state index contributed by atoms with van der Waals surface area (Å²) in [5.41, 5.74) is 4.74. The Bertz CT molecular complexity index is 721. The van der Waals surface area contributed by atoms with Gasteiger partial charge in [-0.1, -0.05) is 12.8 Å². The van der Waals surface area contributed by atoms with E-state index in [1.165, 1.54) is 37.0 Å². The van der Waals surface area contributed by atoms with Crippen LogP contribution in [0.25, 0.3) is 6.08 Å². The maximum Gasteiger partial charge on any atom is 0.0694 e. The number of aliphatic imine (C=N–C) groups is 1. The molecule has 0 atom stereocenters. The average Bonchev–Trinajstić information content (AvgIpc) is 3.27. The first-order valence-corrected chi connectivity index (χ1v) is 8.61. The van der Waals surface area contributed by atoms with Crippen LogP contribution in [-0.4, -0.2) is 27.0 Å². The molecular weight excluding hydrogens is 284 g/mol. The molecule has 4 heteroatoms. The number of pyridine rings is 1. The fourth-order valence-corrected chi connectivity index (χ4v) is 3.67. The van der Waals surface area contributed by atoms with Crippen LogP contribution in [0.15, 0.2) is 47.4 Å². The smallest absolute Gasteiger partial charge is 0.0694 e.